The lowest BCUT2D eigenvalue weighted by Crippen LogP contribution is -1.96. The fourth-order valence-corrected chi connectivity index (χ4v) is 1.52. The summed E-state index contributed by atoms with van der Waals surface area (Å²) in [6.45, 7) is 0.366. The quantitative estimate of drug-likeness (QED) is 0.894. The highest BCUT2D eigenvalue weighted by Gasteiger charge is 2.07. The van der Waals surface area contributed by atoms with E-state index in [-0.39, 0.29) is 0 Å². The van der Waals surface area contributed by atoms with Crippen LogP contribution < -0.4 is 5.73 Å². The van der Waals surface area contributed by atoms with E-state index in [4.69, 9.17) is 10.2 Å². The molecule has 2 N–H and O–H groups in total. The molecule has 0 aliphatic rings. The zero-order valence-corrected chi connectivity index (χ0v) is 8.99. The normalized spacial score (nSPS) is 10.4. The number of nitrogens with two attached hydrogens (primary N) is 1. The zero-order chi connectivity index (χ0) is 9.97. The highest BCUT2D eigenvalue weighted by atomic mass is 79.9. The summed E-state index contributed by atoms with van der Waals surface area (Å²) >= 11 is 3.38. The van der Waals surface area contributed by atoms with E-state index in [1.807, 2.05) is 24.3 Å². The predicted octanol–water partition coefficient (Wildman–Crippen LogP) is 2.56. The first-order chi connectivity index (χ1) is 6.81. The lowest BCUT2D eigenvalue weighted by molar-refractivity contribution is 0.507. The van der Waals surface area contributed by atoms with Crippen molar-refractivity contribution in [3.8, 4) is 11.3 Å². The van der Waals surface area contributed by atoms with Crippen LogP contribution in [0, 0.1) is 0 Å². The molecule has 2 aromatic rings. The van der Waals surface area contributed by atoms with Crippen molar-refractivity contribution in [2.75, 3.05) is 0 Å². The molecule has 0 amide bonds. The number of halogens is 1. The lowest BCUT2D eigenvalue weighted by Gasteiger charge is -1.98. The van der Waals surface area contributed by atoms with Gasteiger partial charge in [0.1, 0.15) is 11.5 Å². The largest absolute Gasteiger partial charge is 0.446 e. The molecular formula is C10H9BrN2O. The van der Waals surface area contributed by atoms with Crippen molar-refractivity contribution >= 4 is 15.9 Å². The van der Waals surface area contributed by atoms with Crippen molar-refractivity contribution in [1.82, 2.24) is 4.98 Å². The summed E-state index contributed by atoms with van der Waals surface area (Å²) in [5, 5.41) is 0. The molecule has 0 unspecified atom stereocenters. The van der Waals surface area contributed by atoms with E-state index in [0.717, 1.165) is 15.7 Å². The highest BCUT2D eigenvalue weighted by molar-refractivity contribution is 9.10. The van der Waals surface area contributed by atoms with Gasteiger partial charge in [0.05, 0.1) is 6.54 Å². The molecule has 0 fully saturated rings. The second kappa shape index (κ2) is 3.94. The van der Waals surface area contributed by atoms with Crippen LogP contribution in [0.3, 0.4) is 0 Å². The number of hydrogen-bond donors (Lipinski definition) is 1. The molecule has 4 heteroatoms. The third-order valence-corrected chi connectivity index (χ3v) is 2.47. The summed E-state index contributed by atoms with van der Waals surface area (Å²) in [5.41, 5.74) is 7.35. The Morgan fingerprint density at radius 1 is 1.29 bits per heavy atom. The van der Waals surface area contributed by atoms with Crippen molar-refractivity contribution in [3.63, 3.8) is 0 Å². The molecule has 0 aliphatic heterocycles. The van der Waals surface area contributed by atoms with Crippen LogP contribution >= 0.6 is 15.9 Å². The summed E-state index contributed by atoms with van der Waals surface area (Å²) in [6.07, 6.45) is 1.42. The van der Waals surface area contributed by atoms with Crippen molar-refractivity contribution in [2.45, 2.75) is 6.54 Å². The first-order valence-electron chi connectivity index (χ1n) is 4.19. The van der Waals surface area contributed by atoms with Gasteiger partial charge in [0, 0.05) is 10.0 Å². The lowest BCUT2D eigenvalue weighted by atomic mass is 10.1. The first kappa shape index (κ1) is 9.43. The van der Waals surface area contributed by atoms with Gasteiger partial charge in [-0.3, -0.25) is 0 Å². The van der Waals surface area contributed by atoms with Crippen LogP contribution in [0.15, 0.2) is 39.5 Å². The number of rotatable bonds is 2. The van der Waals surface area contributed by atoms with E-state index in [0.29, 0.717) is 12.3 Å². The van der Waals surface area contributed by atoms with E-state index >= 15 is 0 Å². The van der Waals surface area contributed by atoms with Gasteiger partial charge >= 0.3 is 0 Å². The fourth-order valence-electron chi connectivity index (χ4n) is 1.26. The van der Waals surface area contributed by atoms with Crippen LogP contribution in [0.2, 0.25) is 0 Å². The maximum atomic E-state index is 5.52. The Balaban J connectivity index is 2.44. The molecular weight excluding hydrogens is 244 g/mol. The molecule has 1 aromatic carbocycles. The Hall–Kier alpha value is -1.13. The summed E-state index contributed by atoms with van der Waals surface area (Å²) in [6, 6.07) is 7.87. The Kier molecular flexibility index (Phi) is 2.65. The molecule has 0 aliphatic carbocycles. The Morgan fingerprint density at radius 3 is 2.64 bits per heavy atom. The third-order valence-electron chi connectivity index (χ3n) is 1.94. The van der Waals surface area contributed by atoms with Gasteiger partial charge in [-0.05, 0) is 12.1 Å². The third kappa shape index (κ3) is 1.71. The van der Waals surface area contributed by atoms with Crippen LogP contribution in [0.1, 0.15) is 5.76 Å². The van der Waals surface area contributed by atoms with Gasteiger partial charge in [-0.1, -0.05) is 28.1 Å². The van der Waals surface area contributed by atoms with Crippen molar-refractivity contribution in [3.05, 3.63) is 40.9 Å². The van der Waals surface area contributed by atoms with Gasteiger partial charge in [-0.2, -0.15) is 0 Å². The van der Waals surface area contributed by atoms with E-state index in [1.165, 1.54) is 6.39 Å². The Bertz CT molecular complexity index is 422. The molecule has 0 spiro atoms. The Morgan fingerprint density at radius 2 is 2.00 bits per heavy atom. The summed E-state index contributed by atoms with van der Waals surface area (Å²) in [5.74, 6) is 0.715. The number of hydrogen-bond acceptors (Lipinski definition) is 3. The molecule has 3 nitrogen and oxygen atoms in total. The number of nitrogens with zero attached hydrogens (tertiary/aromatic N) is 1. The minimum Gasteiger partial charge on any atom is -0.446 e. The van der Waals surface area contributed by atoms with Crippen LogP contribution in [-0.4, -0.2) is 4.98 Å². The second-order valence-corrected chi connectivity index (χ2v) is 3.75. The average molecular weight is 253 g/mol. The first-order valence-corrected chi connectivity index (χ1v) is 4.99. The van der Waals surface area contributed by atoms with Crippen molar-refractivity contribution in [2.24, 2.45) is 5.73 Å². The number of benzene rings is 1. The van der Waals surface area contributed by atoms with Gasteiger partial charge in [0.25, 0.3) is 0 Å². The molecule has 0 radical (unpaired) electrons. The van der Waals surface area contributed by atoms with Crippen LogP contribution in [0.25, 0.3) is 11.3 Å². The Labute approximate surface area is 90.1 Å². The van der Waals surface area contributed by atoms with E-state index in [2.05, 4.69) is 20.9 Å². The minimum absolute atomic E-state index is 0.366. The predicted molar refractivity (Wildman–Crippen MR) is 57.5 cm³/mol. The molecule has 14 heavy (non-hydrogen) atoms. The SMILES string of the molecule is NCc1ocnc1-c1ccc(Br)cc1. The molecule has 0 atom stereocenters. The average Bonchev–Trinajstić information content (AvgIpc) is 2.67. The zero-order valence-electron chi connectivity index (χ0n) is 7.40. The molecule has 72 valence electrons. The number of aromatic nitrogens is 1. The van der Waals surface area contributed by atoms with E-state index < -0.39 is 0 Å². The molecule has 2 rings (SSSR count). The molecule has 0 bridgehead atoms. The molecule has 0 saturated carbocycles. The van der Waals surface area contributed by atoms with Gasteiger partial charge < -0.3 is 10.2 Å². The summed E-state index contributed by atoms with van der Waals surface area (Å²) in [4.78, 5) is 4.12. The molecule has 0 saturated heterocycles. The maximum absolute atomic E-state index is 5.52. The summed E-state index contributed by atoms with van der Waals surface area (Å²) in [7, 11) is 0. The van der Waals surface area contributed by atoms with Crippen LogP contribution in [0.4, 0.5) is 0 Å². The summed E-state index contributed by atoms with van der Waals surface area (Å²) < 4.78 is 6.19. The second-order valence-electron chi connectivity index (χ2n) is 2.84. The standard InChI is InChI=1S/C10H9BrN2O/c11-8-3-1-7(2-4-8)10-9(5-12)14-6-13-10/h1-4,6H,5,12H2. The smallest absolute Gasteiger partial charge is 0.181 e. The molecule has 1 heterocycles. The van der Waals surface area contributed by atoms with E-state index in [9.17, 15) is 0 Å². The highest BCUT2D eigenvalue weighted by Crippen LogP contribution is 2.23. The van der Waals surface area contributed by atoms with E-state index in [1.54, 1.807) is 0 Å². The fraction of sp³-hybridized carbons (Fsp3) is 0.100. The van der Waals surface area contributed by atoms with Crippen LogP contribution in [0.5, 0.6) is 0 Å². The van der Waals surface area contributed by atoms with Crippen molar-refractivity contribution in [1.29, 1.82) is 0 Å². The van der Waals surface area contributed by atoms with Gasteiger partial charge in [0.2, 0.25) is 0 Å². The monoisotopic (exact) mass is 252 g/mol. The maximum Gasteiger partial charge on any atom is 0.181 e. The minimum atomic E-state index is 0.366. The van der Waals surface area contributed by atoms with Gasteiger partial charge in [0.15, 0.2) is 6.39 Å². The molecule has 1 aromatic heterocycles. The van der Waals surface area contributed by atoms with Crippen LogP contribution in [-0.2, 0) is 6.54 Å². The topological polar surface area (TPSA) is 52.0 Å². The van der Waals surface area contributed by atoms with Gasteiger partial charge in [-0.25, -0.2) is 4.98 Å². The van der Waals surface area contributed by atoms with Crippen molar-refractivity contribution < 1.29 is 4.42 Å². The van der Waals surface area contributed by atoms with Gasteiger partial charge in [-0.15, -0.1) is 0 Å². The number of oxazole rings is 1.